The number of hydrogen-bond acceptors (Lipinski definition) is 2. The number of carbonyl (C=O) groups is 1. The number of aryl methyl sites for hydroxylation is 1. The molecule has 0 heterocycles. The molecule has 0 radical (unpaired) electrons. The van der Waals surface area contributed by atoms with Crippen molar-refractivity contribution in [2.24, 2.45) is 0 Å². The lowest BCUT2D eigenvalue weighted by Crippen LogP contribution is -2.38. The van der Waals surface area contributed by atoms with Crippen molar-refractivity contribution in [3.05, 3.63) is 71.3 Å². The molecule has 1 amide bonds. The Kier molecular flexibility index (Phi) is 6.36. The van der Waals surface area contributed by atoms with Crippen molar-refractivity contribution in [3.8, 4) is 0 Å². The van der Waals surface area contributed by atoms with Gasteiger partial charge in [0.15, 0.2) is 0 Å². The summed E-state index contributed by atoms with van der Waals surface area (Å²) in [6, 6.07) is 18.2. The Morgan fingerprint density at radius 3 is 2.17 bits per heavy atom. The zero-order valence-electron chi connectivity index (χ0n) is 14.3. The molecule has 0 saturated heterocycles. The predicted molar refractivity (Wildman–Crippen MR) is 95.6 cm³/mol. The van der Waals surface area contributed by atoms with Gasteiger partial charge < -0.3 is 5.32 Å². The van der Waals surface area contributed by atoms with Gasteiger partial charge in [-0.05, 0) is 37.7 Å². The van der Waals surface area contributed by atoms with Crippen molar-refractivity contribution in [2.45, 2.75) is 26.8 Å². The summed E-state index contributed by atoms with van der Waals surface area (Å²) in [4.78, 5) is 14.7. The summed E-state index contributed by atoms with van der Waals surface area (Å²) in [5.74, 6) is -0.0157. The van der Waals surface area contributed by atoms with Gasteiger partial charge in [0.05, 0.1) is 6.04 Å². The molecular weight excluding hydrogens is 284 g/mol. The Hall–Kier alpha value is -2.13. The highest BCUT2D eigenvalue weighted by molar-refractivity contribution is 5.94. The first-order chi connectivity index (χ1) is 11.2. The molecule has 0 aromatic heterocycles. The lowest BCUT2D eigenvalue weighted by molar-refractivity contribution is 0.0935. The Morgan fingerprint density at radius 1 is 1.00 bits per heavy atom. The number of rotatable bonds is 7. The Labute approximate surface area is 139 Å². The van der Waals surface area contributed by atoms with Gasteiger partial charge in [0.2, 0.25) is 0 Å². The molecule has 3 nitrogen and oxygen atoms in total. The van der Waals surface area contributed by atoms with Crippen LogP contribution in [-0.2, 0) is 0 Å². The second-order valence-corrected chi connectivity index (χ2v) is 5.72. The molecule has 122 valence electrons. The maximum atomic E-state index is 12.4. The summed E-state index contributed by atoms with van der Waals surface area (Å²) >= 11 is 0. The van der Waals surface area contributed by atoms with Gasteiger partial charge in [-0.3, -0.25) is 9.69 Å². The molecule has 2 rings (SSSR count). The molecule has 0 aliphatic heterocycles. The van der Waals surface area contributed by atoms with E-state index in [0.29, 0.717) is 12.1 Å². The predicted octanol–water partition coefficient (Wildman–Crippen LogP) is 3.81. The van der Waals surface area contributed by atoms with E-state index < -0.39 is 0 Å². The van der Waals surface area contributed by atoms with Crippen LogP contribution in [0.4, 0.5) is 0 Å². The zero-order chi connectivity index (χ0) is 16.7. The number of likely N-dealkylation sites (N-methyl/N-ethyl adjacent to an activating group) is 1. The van der Waals surface area contributed by atoms with Crippen LogP contribution in [0.2, 0.25) is 0 Å². The van der Waals surface area contributed by atoms with Gasteiger partial charge in [-0.1, -0.05) is 61.9 Å². The molecule has 0 aliphatic carbocycles. The summed E-state index contributed by atoms with van der Waals surface area (Å²) in [6.07, 6.45) is 0. The second kappa shape index (κ2) is 8.49. The number of nitrogens with one attached hydrogen (secondary N) is 1. The van der Waals surface area contributed by atoms with Crippen LogP contribution in [-0.4, -0.2) is 30.4 Å². The SMILES string of the molecule is CCN(CC)C(CNC(=O)c1ccc(C)cc1)c1ccccc1. The topological polar surface area (TPSA) is 32.3 Å². The molecule has 23 heavy (non-hydrogen) atoms. The standard InChI is InChI=1S/C20H26N2O/c1-4-22(5-2)19(17-9-7-6-8-10-17)15-21-20(23)18-13-11-16(3)12-14-18/h6-14,19H,4-5,15H2,1-3H3,(H,21,23). The molecule has 0 aliphatic rings. The van der Waals surface area contributed by atoms with Gasteiger partial charge in [-0.15, -0.1) is 0 Å². The van der Waals surface area contributed by atoms with Gasteiger partial charge in [0.1, 0.15) is 0 Å². The van der Waals surface area contributed by atoms with E-state index in [9.17, 15) is 4.79 Å². The highest BCUT2D eigenvalue weighted by Crippen LogP contribution is 2.19. The third-order valence-electron chi connectivity index (χ3n) is 4.21. The first-order valence-electron chi connectivity index (χ1n) is 8.29. The summed E-state index contributed by atoms with van der Waals surface area (Å²) < 4.78 is 0. The minimum absolute atomic E-state index is 0.0157. The molecule has 2 aromatic rings. The minimum Gasteiger partial charge on any atom is -0.350 e. The fourth-order valence-electron chi connectivity index (χ4n) is 2.79. The summed E-state index contributed by atoms with van der Waals surface area (Å²) in [5, 5.41) is 3.09. The van der Waals surface area contributed by atoms with Crippen LogP contribution in [0.25, 0.3) is 0 Å². The molecule has 3 heteroatoms. The monoisotopic (exact) mass is 310 g/mol. The van der Waals surface area contributed by atoms with Crippen molar-refractivity contribution >= 4 is 5.91 Å². The fraction of sp³-hybridized carbons (Fsp3) is 0.350. The Balaban J connectivity index is 2.09. The first-order valence-corrected chi connectivity index (χ1v) is 8.29. The van der Waals surface area contributed by atoms with E-state index in [4.69, 9.17) is 0 Å². The largest absolute Gasteiger partial charge is 0.350 e. The lowest BCUT2D eigenvalue weighted by atomic mass is 10.0. The van der Waals surface area contributed by atoms with E-state index in [1.54, 1.807) is 0 Å². The molecule has 1 unspecified atom stereocenters. The van der Waals surface area contributed by atoms with Gasteiger partial charge in [0, 0.05) is 12.1 Å². The van der Waals surface area contributed by atoms with Crippen molar-refractivity contribution < 1.29 is 4.79 Å². The zero-order valence-corrected chi connectivity index (χ0v) is 14.3. The lowest BCUT2D eigenvalue weighted by Gasteiger charge is -2.30. The molecule has 0 spiro atoms. The molecular formula is C20H26N2O. The summed E-state index contributed by atoms with van der Waals surface area (Å²) in [7, 11) is 0. The average Bonchev–Trinajstić information content (AvgIpc) is 2.59. The van der Waals surface area contributed by atoms with E-state index >= 15 is 0 Å². The third kappa shape index (κ3) is 4.67. The van der Waals surface area contributed by atoms with Gasteiger partial charge in [-0.2, -0.15) is 0 Å². The number of hydrogen-bond donors (Lipinski definition) is 1. The van der Waals surface area contributed by atoms with Crippen LogP contribution in [0.5, 0.6) is 0 Å². The molecule has 0 fully saturated rings. The maximum absolute atomic E-state index is 12.4. The highest BCUT2D eigenvalue weighted by atomic mass is 16.1. The number of nitrogens with zero attached hydrogens (tertiary/aromatic N) is 1. The van der Waals surface area contributed by atoms with Crippen LogP contribution >= 0.6 is 0 Å². The molecule has 0 saturated carbocycles. The highest BCUT2D eigenvalue weighted by Gasteiger charge is 2.18. The smallest absolute Gasteiger partial charge is 0.251 e. The quantitative estimate of drug-likeness (QED) is 0.843. The normalized spacial score (nSPS) is 12.2. The van der Waals surface area contributed by atoms with Crippen LogP contribution in [0.3, 0.4) is 0 Å². The minimum atomic E-state index is -0.0157. The Morgan fingerprint density at radius 2 is 1.61 bits per heavy atom. The average molecular weight is 310 g/mol. The van der Waals surface area contributed by atoms with Crippen molar-refractivity contribution in [1.29, 1.82) is 0 Å². The van der Waals surface area contributed by atoms with Gasteiger partial charge >= 0.3 is 0 Å². The van der Waals surface area contributed by atoms with Gasteiger partial charge in [0.25, 0.3) is 5.91 Å². The fourth-order valence-corrected chi connectivity index (χ4v) is 2.79. The number of benzene rings is 2. The van der Waals surface area contributed by atoms with Crippen LogP contribution in [0.1, 0.15) is 41.4 Å². The molecule has 1 atom stereocenters. The van der Waals surface area contributed by atoms with Crippen molar-refractivity contribution in [3.63, 3.8) is 0 Å². The van der Waals surface area contributed by atoms with E-state index in [1.807, 2.05) is 49.4 Å². The number of amides is 1. The van der Waals surface area contributed by atoms with Crippen LogP contribution in [0.15, 0.2) is 54.6 Å². The third-order valence-corrected chi connectivity index (χ3v) is 4.21. The van der Waals surface area contributed by atoms with Crippen molar-refractivity contribution in [2.75, 3.05) is 19.6 Å². The maximum Gasteiger partial charge on any atom is 0.251 e. The van der Waals surface area contributed by atoms with Crippen LogP contribution in [0, 0.1) is 6.92 Å². The second-order valence-electron chi connectivity index (χ2n) is 5.72. The number of carbonyl (C=O) groups excluding carboxylic acids is 1. The molecule has 0 bridgehead atoms. The van der Waals surface area contributed by atoms with E-state index in [-0.39, 0.29) is 11.9 Å². The Bertz CT molecular complexity index is 603. The molecule has 2 aromatic carbocycles. The van der Waals surface area contributed by atoms with Gasteiger partial charge in [-0.25, -0.2) is 0 Å². The van der Waals surface area contributed by atoms with E-state index in [1.165, 1.54) is 5.56 Å². The van der Waals surface area contributed by atoms with E-state index in [2.05, 4.69) is 36.2 Å². The first kappa shape index (κ1) is 17.2. The molecule has 1 N–H and O–H groups in total. The summed E-state index contributed by atoms with van der Waals surface area (Å²) in [5.41, 5.74) is 3.11. The van der Waals surface area contributed by atoms with Crippen LogP contribution < -0.4 is 5.32 Å². The van der Waals surface area contributed by atoms with E-state index in [0.717, 1.165) is 18.7 Å². The van der Waals surface area contributed by atoms with Crippen molar-refractivity contribution in [1.82, 2.24) is 10.2 Å². The summed E-state index contributed by atoms with van der Waals surface area (Å²) in [6.45, 7) is 8.85.